The molecule has 0 amide bonds. The SMILES string of the molecule is CC(=O)C1(c2cc3c(cc2C)OCO3)COC1. The minimum Gasteiger partial charge on any atom is -0.454 e. The van der Waals surface area contributed by atoms with Gasteiger partial charge in [0.25, 0.3) is 0 Å². The van der Waals surface area contributed by atoms with Gasteiger partial charge in [-0.05, 0) is 37.1 Å². The number of benzene rings is 1. The highest BCUT2D eigenvalue weighted by atomic mass is 16.7. The molecular weight excluding hydrogens is 220 g/mol. The molecule has 0 saturated carbocycles. The topological polar surface area (TPSA) is 44.8 Å². The number of carbonyl (C=O) groups is 1. The van der Waals surface area contributed by atoms with Crippen molar-refractivity contribution in [1.29, 1.82) is 0 Å². The van der Waals surface area contributed by atoms with Crippen LogP contribution in [-0.2, 0) is 14.9 Å². The summed E-state index contributed by atoms with van der Waals surface area (Å²) in [6.45, 7) is 4.78. The predicted octanol–water partition coefficient (Wildman–Crippen LogP) is 1.58. The van der Waals surface area contributed by atoms with Crippen LogP contribution in [0, 0.1) is 6.92 Å². The summed E-state index contributed by atoms with van der Waals surface area (Å²) in [6.07, 6.45) is 0. The van der Waals surface area contributed by atoms with Crippen LogP contribution in [0.2, 0.25) is 0 Å². The van der Waals surface area contributed by atoms with E-state index in [1.54, 1.807) is 6.92 Å². The number of ether oxygens (including phenoxy) is 3. The lowest BCUT2D eigenvalue weighted by Crippen LogP contribution is -2.52. The fourth-order valence-electron chi connectivity index (χ4n) is 2.41. The minimum absolute atomic E-state index is 0.144. The largest absolute Gasteiger partial charge is 0.454 e. The van der Waals surface area contributed by atoms with E-state index in [4.69, 9.17) is 14.2 Å². The lowest BCUT2D eigenvalue weighted by molar-refractivity contribution is -0.140. The first kappa shape index (κ1) is 10.6. The second kappa shape index (κ2) is 3.47. The Morgan fingerprint density at radius 2 is 1.88 bits per heavy atom. The Kier molecular flexibility index (Phi) is 2.16. The zero-order valence-electron chi connectivity index (χ0n) is 9.91. The molecule has 0 aromatic heterocycles. The Bertz CT molecular complexity index is 488. The van der Waals surface area contributed by atoms with Gasteiger partial charge in [-0.2, -0.15) is 0 Å². The number of aryl methyl sites for hydroxylation is 1. The molecule has 2 aliphatic rings. The number of ketones is 1. The number of hydrogen-bond donors (Lipinski definition) is 0. The maximum atomic E-state index is 11.8. The number of rotatable bonds is 2. The van der Waals surface area contributed by atoms with Crippen LogP contribution in [0.15, 0.2) is 12.1 Å². The third-order valence-electron chi connectivity index (χ3n) is 3.61. The van der Waals surface area contributed by atoms with Gasteiger partial charge in [-0.1, -0.05) is 0 Å². The van der Waals surface area contributed by atoms with Gasteiger partial charge in [0.2, 0.25) is 6.79 Å². The van der Waals surface area contributed by atoms with Crippen LogP contribution in [0.1, 0.15) is 18.1 Å². The second-order valence-corrected chi connectivity index (χ2v) is 4.65. The average Bonchev–Trinajstić information content (AvgIpc) is 2.62. The summed E-state index contributed by atoms with van der Waals surface area (Å²) in [6, 6.07) is 3.85. The first-order chi connectivity index (χ1) is 8.13. The predicted molar refractivity (Wildman–Crippen MR) is 60.5 cm³/mol. The van der Waals surface area contributed by atoms with E-state index in [9.17, 15) is 4.79 Å². The van der Waals surface area contributed by atoms with E-state index in [2.05, 4.69) is 0 Å². The maximum absolute atomic E-state index is 11.8. The van der Waals surface area contributed by atoms with Crippen LogP contribution >= 0.6 is 0 Å². The van der Waals surface area contributed by atoms with Gasteiger partial charge in [0.1, 0.15) is 11.2 Å². The molecule has 4 nitrogen and oxygen atoms in total. The molecule has 2 heterocycles. The van der Waals surface area contributed by atoms with Crippen LogP contribution in [0.4, 0.5) is 0 Å². The van der Waals surface area contributed by atoms with E-state index in [0.29, 0.717) is 13.2 Å². The standard InChI is InChI=1S/C13H14O4/c1-8-3-11-12(17-7-16-11)4-10(8)13(9(2)14)5-15-6-13/h3-4H,5-7H2,1-2H3. The molecule has 4 heteroatoms. The van der Waals surface area contributed by atoms with Gasteiger partial charge in [-0.25, -0.2) is 0 Å². The van der Waals surface area contributed by atoms with Crippen molar-refractivity contribution < 1.29 is 19.0 Å². The lowest BCUT2D eigenvalue weighted by atomic mass is 9.73. The molecule has 0 N–H and O–H groups in total. The van der Waals surface area contributed by atoms with Gasteiger partial charge in [0, 0.05) is 0 Å². The van der Waals surface area contributed by atoms with Gasteiger partial charge in [-0.15, -0.1) is 0 Å². The van der Waals surface area contributed by atoms with Crippen molar-refractivity contribution in [2.45, 2.75) is 19.3 Å². The molecule has 3 rings (SSSR count). The lowest BCUT2D eigenvalue weighted by Gasteiger charge is -2.40. The Hall–Kier alpha value is -1.55. The Balaban J connectivity index is 2.11. The fourth-order valence-corrected chi connectivity index (χ4v) is 2.41. The second-order valence-electron chi connectivity index (χ2n) is 4.65. The van der Waals surface area contributed by atoms with Crippen LogP contribution in [-0.4, -0.2) is 25.8 Å². The van der Waals surface area contributed by atoms with Crippen LogP contribution < -0.4 is 9.47 Å². The summed E-state index contributed by atoms with van der Waals surface area (Å²) in [5.41, 5.74) is 1.57. The zero-order valence-corrected chi connectivity index (χ0v) is 9.91. The quantitative estimate of drug-likeness (QED) is 0.779. The molecule has 1 aromatic rings. The van der Waals surface area contributed by atoms with E-state index < -0.39 is 5.41 Å². The van der Waals surface area contributed by atoms with Crippen molar-refractivity contribution >= 4 is 5.78 Å². The summed E-state index contributed by atoms with van der Waals surface area (Å²) in [4.78, 5) is 11.8. The van der Waals surface area contributed by atoms with Crippen molar-refractivity contribution in [2.75, 3.05) is 20.0 Å². The smallest absolute Gasteiger partial charge is 0.231 e. The molecule has 1 fully saturated rings. The van der Waals surface area contributed by atoms with Crippen LogP contribution in [0.25, 0.3) is 0 Å². The highest BCUT2D eigenvalue weighted by molar-refractivity contribution is 5.90. The molecule has 0 bridgehead atoms. The molecule has 0 atom stereocenters. The molecular formula is C13H14O4. The summed E-state index contributed by atoms with van der Waals surface area (Å²) in [5.74, 6) is 1.62. The number of Topliss-reactive ketones (excluding diaryl/α,β-unsaturated/α-hetero) is 1. The molecule has 17 heavy (non-hydrogen) atoms. The van der Waals surface area contributed by atoms with Gasteiger partial charge >= 0.3 is 0 Å². The normalized spacial score (nSPS) is 19.9. The molecule has 1 aromatic carbocycles. The van der Waals surface area contributed by atoms with E-state index in [0.717, 1.165) is 22.6 Å². The molecule has 0 radical (unpaired) electrons. The third-order valence-corrected chi connectivity index (χ3v) is 3.61. The monoisotopic (exact) mass is 234 g/mol. The van der Waals surface area contributed by atoms with Crippen molar-refractivity contribution in [3.05, 3.63) is 23.3 Å². The number of fused-ring (bicyclic) bond motifs is 1. The van der Waals surface area contributed by atoms with E-state index >= 15 is 0 Å². The van der Waals surface area contributed by atoms with Crippen LogP contribution in [0.5, 0.6) is 11.5 Å². The number of hydrogen-bond acceptors (Lipinski definition) is 4. The Morgan fingerprint density at radius 1 is 1.24 bits per heavy atom. The molecule has 90 valence electrons. The van der Waals surface area contributed by atoms with Crippen LogP contribution in [0.3, 0.4) is 0 Å². The summed E-state index contributed by atoms with van der Waals surface area (Å²) >= 11 is 0. The van der Waals surface area contributed by atoms with Gasteiger partial charge in [-0.3, -0.25) is 4.79 Å². The summed E-state index contributed by atoms with van der Waals surface area (Å²) < 4.78 is 15.9. The fraction of sp³-hybridized carbons (Fsp3) is 0.462. The molecule has 0 unspecified atom stereocenters. The van der Waals surface area contributed by atoms with Gasteiger partial charge in [0.15, 0.2) is 11.5 Å². The summed E-state index contributed by atoms with van der Waals surface area (Å²) in [5, 5.41) is 0. The number of carbonyl (C=O) groups excluding carboxylic acids is 1. The van der Waals surface area contributed by atoms with Gasteiger partial charge in [0.05, 0.1) is 13.2 Å². The summed E-state index contributed by atoms with van der Waals surface area (Å²) in [7, 11) is 0. The molecule has 2 aliphatic heterocycles. The highest BCUT2D eigenvalue weighted by Crippen LogP contribution is 2.42. The molecule has 1 saturated heterocycles. The van der Waals surface area contributed by atoms with Crippen molar-refractivity contribution in [3.63, 3.8) is 0 Å². The minimum atomic E-state index is -0.481. The van der Waals surface area contributed by atoms with E-state index in [1.165, 1.54) is 0 Å². The molecule has 0 spiro atoms. The average molecular weight is 234 g/mol. The Morgan fingerprint density at radius 3 is 2.41 bits per heavy atom. The first-order valence-corrected chi connectivity index (χ1v) is 5.63. The third kappa shape index (κ3) is 1.37. The molecule has 0 aliphatic carbocycles. The first-order valence-electron chi connectivity index (χ1n) is 5.63. The maximum Gasteiger partial charge on any atom is 0.231 e. The van der Waals surface area contributed by atoms with Crippen molar-refractivity contribution in [3.8, 4) is 11.5 Å². The highest BCUT2D eigenvalue weighted by Gasteiger charge is 2.46. The van der Waals surface area contributed by atoms with E-state index in [-0.39, 0.29) is 12.6 Å². The zero-order chi connectivity index (χ0) is 12.0. The van der Waals surface area contributed by atoms with Crippen molar-refractivity contribution in [1.82, 2.24) is 0 Å². The van der Waals surface area contributed by atoms with Gasteiger partial charge < -0.3 is 14.2 Å². The van der Waals surface area contributed by atoms with Crippen molar-refractivity contribution in [2.24, 2.45) is 0 Å². The Labute approximate surface area is 99.5 Å². The van der Waals surface area contributed by atoms with E-state index in [1.807, 2.05) is 19.1 Å².